The predicted octanol–water partition coefficient (Wildman–Crippen LogP) is 0.634. The molecule has 0 saturated heterocycles. The number of methoxy groups -OCH3 is 2. The van der Waals surface area contributed by atoms with E-state index in [0.29, 0.717) is 32.1 Å². The SMILES string of the molecule is COCCN(CCOC)C(=O)CSc1nccn1C. The summed E-state index contributed by atoms with van der Waals surface area (Å²) in [5.41, 5.74) is 0. The summed E-state index contributed by atoms with van der Waals surface area (Å²) < 4.78 is 11.9. The molecule has 0 aliphatic carbocycles. The molecule has 0 saturated carbocycles. The number of carbonyl (C=O) groups excluding carboxylic acids is 1. The van der Waals surface area contributed by atoms with Gasteiger partial charge in [-0.1, -0.05) is 11.8 Å². The number of nitrogens with zero attached hydrogens (tertiary/aromatic N) is 3. The van der Waals surface area contributed by atoms with Gasteiger partial charge in [-0.2, -0.15) is 0 Å². The molecule has 1 heterocycles. The van der Waals surface area contributed by atoms with Crippen LogP contribution in [0.15, 0.2) is 17.6 Å². The zero-order valence-electron chi connectivity index (χ0n) is 11.7. The molecule has 0 N–H and O–H groups in total. The smallest absolute Gasteiger partial charge is 0.233 e. The van der Waals surface area contributed by atoms with Crippen LogP contribution in [0.2, 0.25) is 0 Å². The van der Waals surface area contributed by atoms with Crippen molar-refractivity contribution in [2.75, 3.05) is 46.3 Å². The lowest BCUT2D eigenvalue weighted by Crippen LogP contribution is -2.37. The van der Waals surface area contributed by atoms with Crippen LogP contribution >= 0.6 is 11.8 Å². The molecular weight excluding hydrogens is 266 g/mol. The minimum Gasteiger partial charge on any atom is -0.383 e. The highest BCUT2D eigenvalue weighted by atomic mass is 32.2. The molecule has 108 valence electrons. The molecule has 0 aromatic carbocycles. The number of hydrogen-bond acceptors (Lipinski definition) is 5. The summed E-state index contributed by atoms with van der Waals surface area (Å²) in [5.74, 6) is 0.445. The van der Waals surface area contributed by atoms with Gasteiger partial charge in [0.2, 0.25) is 5.91 Å². The molecule has 0 unspecified atom stereocenters. The molecule has 1 aromatic rings. The number of rotatable bonds is 9. The van der Waals surface area contributed by atoms with Crippen LogP contribution < -0.4 is 0 Å². The number of amides is 1. The van der Waals surface area contributed by atoms with Gasteiger partial charge in [-0.25, -0.2) is 4.98 Å². The van der Waals surface area contributed by atoms with Crippen molar-refractivity contribution in [3.8, 4) is 0 Å². The van der Waals surface area contributed by atoms with Crippen molar-refractivity contribution in [1.29, 1.82) is 0 Å². The molecule has 6 nitrogen and oxygen atoms in total. The van der Waals surface area contributed by atoms with E-state index < -0.39 is 0 Å². The summed E-state index contributed by atoms with van der Waals surface area (Å²) in [4.78, 5) is 18.0. The van der Waals surface area contributed by atoms with Crippen LogP contribution in [-0.4, -0.2) is 66.6 Å². The van der Waals surface area contributed by atoms with Gasteiger partial charge >= 0.3 is 0 Å². The summed E-state index contributed by atoms with van der Waals surface area (Å²) in [6.07, 6.45) is 3.58. The van der Waals surface area contributed by atoms with Crippen LogP contribution in [-0.2, 0) is 21.3 Å². The van der Waals surface area contributed by atoms with Crippen molar-refractivity contribution in [3.05, 3.63) is 12.4 Å². The minimum absolute atomic E-state index is 0.0714. The van der Waals surface area contributed by atoms with Crippen molar-refractivity contribution in [2.24, 2.45) is 7.05 Å². The van der Waals surface area contributed by atoms with Gasteiger partial charge in [0.05, 0.1) is 19.0 Å². The number of thioether (sulfide) groups is 1. The van der Waals surface area contributed by atoms with E-state index in [-0.39, 0.29) is 5.91 Å². The molecule has 7 heteroatoms. The van der Waals surface area contributed by atoms with E-state index in [0.717, 1.165) is 5.16 Å². The van der Waals surface area contributed by atoms with E-state index in [1.165, 1.54) is 11.8 Å². The van der Waals surface area contributed by atoms with Crippen molar-refractivity contribution < 1.29 is 14.3 Å². The Morgan fingerprint density at radius 3 is 2.47 bits per heavy atom. The Morgan fingerprint density at radius 1 is 1.37 bits per heavy atom. The van der Waals surface area contributed by atoms with Gasteiger partial charge in [-0.05, 0) is 0 Å². The van der Waals surface area contributed by atoms with Crippen molar-refractivity contribution in [2.45, 2.75) is 5.16 Å². The molecule has 0 spiro atoms. The second-order valence-electron chi connectivity index (χ2n) is 3.98. The number of imidazole rings is 1. The standard InChI is InChI=1S/C12H21N3O3S/c1-14-5-4-13-12(14)19-10-11(16)15(6-8-17-2)7-9-18-3/h4-5H,6-10H2,1-3H3. The summed E-state index contributed by atoms with van der Waals surface area (Å²) in [6, 6.07) is 0. The van der Waals surface area contributed by atoms with E-state index >= 15 is 0 Å². The maximum Gasteiger partial charge on any atom is 0.233 e. The third kappa shape index (κ3) is 5.63. The molecule has 1 amide bonds. The van der Waals surface area contributed by atoms with Crippen LogP contribution in [0.3, 0.4) is 0 Å². The molecule has 19 heavy (non-hydrogen) atoms. The molecule has 0 fully saturated rings. The topological polar surface area (TPSA) is 56.6 Å². The molecule has 0 aliphatic rings. The van der Waals surface area contributed by atoms with Crippen LogP contribution in [0, 0.1) is 0 Å². The highest BCUT2D eigenvalue weighted by Crippen LogP contribution is 2.14. The summed E-state index contributed by atoms with van der Waals surface area (Å²) in [6.45, 7) is 2.23. The molecule has 0 radical (unpaired) electrons. The second-order valence-corrected chi connectivity index (χ2v) is 4.92. The first-order chi connectivity index (χ1) is 9.19. The summed E-state index contributed by atoms with van der Waals surface area (Å²) in [5, 5.41) is 0.840. The van der Waals surface area contributed by atoms with Crippen LogP contribution in [0.1, 0.15) is 0 Å². The Hall–Kier alpha value is -1.05. The van der Waals surface area contributed by atoms with Crippen LogP contribution in [0.4, 0.5) is 0 Å². The third-order valence-corrected chi connectivity index (χ3v) is 3.63. The Morgan fingerprint density at radius 2 is 2.00 bits per heavy atom. The van der Waals surface area contributed by atoms with Gasteiger partial charge < -0.3 is 18.9 Å². The maximum atomic E-state index is 12.1. The fourth-order valence-electron chi connectivity index (χ4n) is 1.47. The van der Waals surface area contributed by atoms with Crippen molar-refractivity contribution in [1.82, 2.24) is 14.5 Å². The summed E-state index contributed by atoms with van der Waals surface area (Å²) in [7, 11) is 5.16. The number of carbonyl (C=O) groups is 1. The van der Waals surface area contributed by atoms with E-state index in [4.69, 9.17) is 9.47 Å². The first kappa shape index (κ1) is 16.0. The minimum atomic E-state index is 0.0714. The molecule has 0 bridgehead atoms. The van der Waals surface area contributed by atoms with Gasteiger partial charge in [0.1, 0.15) is 0 Å². The average Bonchev–Trinajstić information content (AvgIpc) is 2.82. The molecule has 1 rings (SSSR count). The predicted molar refractivity (Wildman–Crippen MR) is 74.3 cm³/mol. The Kier molecular flexibility index (Phi) is 7.54. The van der Waals surface area contributed by atoms with Crippen LogP contribution in [0.25, 0.3) is 0 Å². The second kappa shape index (κ2) is 8.95. The fourth-order valence-corrected chi connectivity index (χ4v) is 2.31. The number of aromatic nitrogens is 2. The number of aryl methyl sites for hydroxylation is 1. The highest BCUT2D eigenvalue weighted by Gasteiger charge is 2.14. The molecule has 1 aromatic heterocycles. The van der Waals surface area contributed by atoms with E-state index in [9.17, 15) is 4.79 Å². The number of ether oxygens (including phenoxy) is 2. The fraction of sp³-hybridized carbons (Fsp3) is 0.667. The van der Waals surface area contributed by atoms with Gasteiger partial charge in [-0.15, -0.1) is 0 Å². The monoisotopic (exact) mass is 287 g/mol. The first-order valence-corrected chi connectivity index (χ1v) is 7.03. The lowest BCUT2D eigenvalue weighted by molar-refractivity contribution is -0.129. The molecule has 0 atom stereocenters. The van der Waals surface area contributed by atoms with Crippen LogP contribution in [0.5, 0.6) is 0 Å². The maximum absolute atomic E-state index is 12.1. The average molecular weight is 287 g/mol. The molecular formula is C12H21N3O3S. The zero-order chi connectivity index (χ0) is 14.1. The Balaban J connectivity index is 2.44. The van der Waals surface area contributed by atoms with Crippen molar-refractivity contribution in [3.63, 3.8) is 0 Å². The Bertz CT molecular complexity index is 376. The highest BCUT2D eigenvalue weighted by molar-refractivity contribution is 7.99. The van der Waals surface area contributed by atoms with Crippen molar-refractivity contribution >= 4 is 17.7 Å². The summed E-state index contributed by atoms with van der Waals surface area (Å²) >= 11 is 1.44. The third-order valence-electron chi connectivity index (χ3n) is 2.59. The van der Waals surface area contributed by atoms with E-state index in [1.807, 2.05) is 17.8 Å². The number of hydrogen-bond donors (Lipinski definition) is 0. The normalized spacial score (nSPS) is 10.7. The zero-order valence-corrected chi connectivity index (χ0v) is 12.5. The first-order valence-electron chi connectivity index (χ1n) is 6.04. The lowest BCUT2D eigenvalue weighted by atomic mass is 10.4. The van der Waals surface area contributed by atoms with Gasteiger partial charge in [-0.3, -0.25) is 4.79 Å². The molecule has 0 aliphatic heterocycles. The lowest BCUT2D eigenvalue weighted by Gasteiger charge is -2.21. The van der Waals surface area contributed by atoms with Gasteiger partial charge in [0.15, 0.2) is 5.16 Å². The van der Waals surface area contributed by atoms with Gasteiger partial charge in [0.25, 0.3) is 0 Å². The van der Waals surface area contributed by atoms with Gasteiger partial charge in [0, 0.05) is 46.8 Å². The van der Waals surface area contributed by atoms with E-state index in [2.05, 4.69) is 4.98 Å². The quantitative estimate of drug-likeness (QED) is 0.624. The van der Waals surface area contributed by atoms with E-state index in [1.54, 1.807) is 25.3 Å². The Labute approximate surface area is 118 Å². The largest absolute Gasteiger partial charge is 0.383 e.